The smallest absolute Gasteiger partial charge is 0.290 e. The quantitative estimate of drug-likeness (QED) is 0.280. The highest BCUT2D eigenvalue weighted by Gasteiger charge is 2.46. The number of aliphatic hydroxyl groups is 2. The van der Waals surface area contributed by atoms with Crippen LogP contribution in [0.1, 0.15) is 22.2 Å². The van der Waals surface area contributed by atoms with Gasteiger partial charge in [-0.1, -0.05) is 12.1 Å². The van der Waals surface area contributed by atoms with Crippen molar-refractivity contribution in [2.45, 2.75) is 6.04 Å². The lowest BCUT2D eigenvalue weighted by Crippen LogP contribution is -2.34. The second-order valence-corrected chi connectivity index (χ2v) is 6.12. The first-order chi connectivity index (χ1) is 14.0. The van der Waals surface area contributed by atoms with Crippen LogP contribution in [0.25, 0.3) is 0 Å². The number of nitro groups is 1. The van der Waals surface area contributed by atoms with Crippen LogP contribution in [0.4, 0.5) is 5.69 Å². The number of aliphatic hydroxyl groups excluding tert-OH is 2. The number of Topliss-reactive ketones (excluding diaryl/α,β-unsaturated/α-hetero) is 1. The van der Waals surface area contributed by atoms with Crippen molar-refractivity contribution < 1.29 is 33.9 Å². The summed E-state index contributed by atoms with van der Waals surface area (Å²) in [4.78, 5) is 37.6. The number of rotatable bonds is 9. The maximum atomic E-state index is 12.9. The maximum Gasteiger partial charge on any atom is 0.290 e. The predicted octanol–water partition coefficient (Wildman–Crippen LogP) is 1.77. The van der Waals surface area contributed by atoms with Crippen molar-refractivity contribution in [1.29, 1.82) is 0 Å². The molecule has 0 radical (unpaired) electrons. The number of amides is 1. The Hall–Kier alpha value is -3.50. The lowest BCUT2D eigenvalue weighted by molar-refractivity contribution is -0.385. The molecule has 0 unspecified atom stereocenters. The van der Waals surface area contributed by atoms with E-state index in [4.69, 9.17) is 14.3 Å². The normalized spacial score (nSPS) is 16.5. The highest BCUT2D eigenvalue weighted by Crippen LogP contribution is 2.42. The van der Waals surface area contributed by atoms with Gasteiger partial charge in [-0.05, 0) is 18.2 Å². The van der Waals surface area contributed by atoms with Crippen LogP contribution in [-0.4, -0.2) is 58.1 Å². The molecular formula is C19H18N2O8. The van der Waals surface area contributed by atoms with E-state index in [1.165, 1.54) is 42.7 Å². The number of carbonyl (C=O) groups excluding carboxylic acids is 2. The second-order valence-electron chi connectivity index (χ2n) is 6.12. The van der Waals surface area contributed by atoms with Gasteiger partial charge in [-0.3, -0.25) is 19.7 Å². The zero-order valence-electron chi connectivity index (χ0n) is 15.2. The molecule has 2 aromatic rings. The molecule has 1 aliphatic rings. The summed E-state index contributed by atoms with van der Waals surface area (Å²) in [5, 5.41) is 30.8. The second kappa shape index (κ2) is 8.67. The number of carbonyl (C=O) groups is 2. The molecule has 0 fully saturated rings. The van der Waals surface area contributed by atoms with Crippen LogP contribution in [0.3, 0.4) is 0 Å². The molecule has 0 bridgehead atoms. The Kier molecular flexibility index (Phi) is 6.05. The minimum absolute atomic E-state index is 0.00106. The van der Waals surface area contributed by atoms with Crippen LogP contribution in [0.2, 0.25) is 0 Å². The molecule has 10 heteroatoms. The average Bonchev–Trinajstić information content (AvgIpc) is 3.33. The van der Waals surface area contributed by atoms with Gasteiger partial charge in [0.15, 0.2) is 11.5 Å². The van der Waals surface area contributed by atoms with Crippen LogP contribution >= 0.6 is 0 Å². The van der Waals surface area contributed by atoms with Crippen LogP contribution in [0, 0.1) is 10.1 Å². The first kappa shape index (κ1) is 20.2. The Balaban J connectivity index is 2.07. The predicted molar refractivity (Wildman–Crippen MR) is 98.1 cm³/mol. The lowest BCUT2D eigenvalue weighted by atomic mass is 9.94. The first-order valence-electron chi connectivity index (χ1n) is 8.71. The van der Waals surface area contributed by atoms with E-state index in [1.807, 2.05) is 0 Å². The fourth-order valence-electron chi connectivity index (χ4n) is 3.19. The summed E-state index contributed by atoms with van der Waals surface area (Å²) in [5.41, 5.74) is -0.528. The van der Waals surface area contributed by atoms with Crippen molar-refractivity contribution >= 4 is 17.4 Å². The molecule has 0 saturated carbocycles. The van der Waals surface area contributed by atoms with Crippen molar-refractivity contribution in [3.8, 4) is 0 Å². The van der Waals surface area contributed by atoms with E-state index in [9.17, 15) is 24.8 Å². The van der Waals surface area contributed by atoms with Crippen molar-refractivity contribution in [2.75, 3.05) is 26.4 Å². The fraction of sp³-hybridized carbons (Fsp3) is 0.263. The van der Waals surface area contributed by atoms with Crippen LogP contribution in [-0.2, 0) is 9.53 Å². The van der Waals surface area contributed by atoms with Crippen molar-refractivity contribution in [3.63, 3.8) is 0 Å². The molecule has 10 nitrogen and oxygen atoms in total. The highest BCUT2D eigenvalue weighted by molar-refractivity contribution is 6.15. The van der Waals surface area contributed by atoms with E-state index in [1.54, 1.807) is 0 Å². The average molecular weight is 402 g/mol. The minimum Gasteiger partial charge on any atom is -0.503 e. The van der Waals surface area contributed by atoms with Crippen molar-refractivity contribution in [1.82, 2.24) is 4.90 Å². The van der Waals surface area contributed by atoms with Crippen LogP contribution < -0.4 is 0 Å². The number of nitro benzene ring substituents is 1. The summed E-state index contributed by atoms with van der Waals surface area (Å²) >= 11 is 0. The van der Waals surface area contributed by atoms with E-state index in [0.29, 0.717) is 0 Å². The Morgan fingerprint density at radius 3 is 2.66 bits per heavy atom. The van der Waals surface area contributed by atoms with E-state index >= 15 is 0 Å². The molecule has 29 heavy (non-hydrogen) atoms. The summed E-state index contributed by atoms with van der Waals surface area (Å²) in [6.07, 6.45) is 1.27. The number of hydrogen-bond donors (Lipinski definition) is 2. The summed E-state index contributed by atoms with van der Waals surface area (Å²) in [6, 6.07) is 7.33. The molecule has 2 N–H and O–H groups in total. The molecule has 2 heterocycles. The Morgan fingerprint density at radius 1 is 1.24 bits per heavy atom. The van der Waals surface area contributed by atoms with E-state index in [2.05, 4.69) is 0 Å². The van der Waals surface area contributed by atoms with E-state index in [0.717, 1.165) is 4.90 Å². The third-order valence-corrected chi connectivity index (χ3v) is 4.43. The van der Waals surface area contributed by atoms with Crippen molar-refractivity contribution in [2.24, 2.45) is 0 Å². The molecule has 1 aliphatic heterocycles. The van der Waals surface area contributed by atoms with Crippen LogP contribution in [0.5, 0.6) is 0 Å². The van der Waals surface area contributed by atoms with Crippen LogP contribution in [0.15, 0.2) is 58.4 Å². The number of ether oxygens (including phenoxy) is 1. The van der Waals surface area contributed by atoms with Gasteiger partial charge in [0.2, 0.25) is 5.78 Å². The molecule has 1 aromatic carbocycles. The standard InChI is InChI=1S/C19H18N2O8/c22-8-11-28-10-7-20-16(12-4-1-2-5-13(12)21(26)27)15(18(24)19(20)25)17(23)14-6-3-9-29-14/h1-6,9,16,22,24H,7-8,10-11H2/t16-/m1/s1. The van der Waals surface area contributed by atoms with E-state index < -0.39 is 28.4 Å². The molecule has 1 amide bonds. The Labute approximate surface area is 164 Å². The maximum absolute atomic E-state index is 12.9. The minimum atomic E-state index is -1.19. The van der Waals surface area contributed by atoms with Gasteiger partial charge >= 0.3 is 0 Å². The van der Waals surface area contributed by atoms with Gasteiger partial charge in [-0.2, -0.15) is 0 Å². The summed E-state index contributed by atoms with van der Waals surface area (Å²) < 4.78 is 10.3. The Bertz CT molecular complexity index is 951. The summed E-state index contributed by atoms with van der Waals surface area (Å²) in [7, 11) is 0. The van der Waals surface area contributed by atoms with E-state index in [-0.39, 0.29) is 48.9 Å². The topological polar surface area (TPSA) is 143 Å². The first-order valence-corrected chi connectivity index (χ1v) is 8.71. The summed E-state index contributed by atoms with van der Waals surface area (Å²) in [6.45, 7) is -0.240. The van der Waals surface area contributed by atoms with Gasteiger partial charge < -0.3 is 24.3 Å². The molecule has 152 valence electrons. The monoisotopic (exact) mass is 402 g/mol. The third-order valence-electron chi connectivity index (χ3n) is 4.43. The third kappa shape index (κ3) is 3.89. The van der Waals surface area contributed by atoms with Crippen molar-refractivity contribution in [3.05, 3.63) is 75.4 Å². The van der Waals surface area contributed by atoms with Gasteiger partial charge in [-0.15, -0.1) is 0 Å². The zero-order valence-corrected chi connectivity index (χ0v) is 15.2. The number of furan rings is 1. The largest absolute Gasteiger partial charge is 0.503 e. The molecule has 1 aromatic heterocycles. The van der Waals surface area contributed by atoms with Gasteiger partial charge in [0.1, 0.15) is 0 Å². The fourth-order valence-corrected chi connectivity index (χ4v) is 3.19. The number of hydrogen-bond acceptors (Lipinski definition) is 8. The number of para-hydroxylation sites is 1. The zero-order chi connectivity index (χ0) is 21.0. The Morgan fingerprint density at radius 2 is 2.00 bits per heavy atom. The molecule has 0 saturated heterocycles. The molecule has 0 spiro atoms. The van der Waals surface area contributed by atoms with Gasteiger partial charge in [-0.25, -0.2) is 0 Å². The SMILES string of the molecule is O=C(C1=C(O)C(=O)N(CCOCCO)[C@@H]1c1ccccc1[N+](=O)[O-])c1ccco1. The summed E-state index contributed by atoms with van der Waals surface area (Å²) in [5.74, 6) is -2.50. The van der Waals surface area contributed by atoms with Gasteiger partial charge in [0.05, 0.1) is 48.2 Å². The number of benzene rings is 1. The highest BCUT2D eigenvalue weighted by atomic mass is 16.6. The van der Waals surface area contributed by atoms with Gasteiger partial charge in [0.25, 0.3) is 11.6 Å². The number of nitrogens with zero attached hydrogens (tertiary/aromatic N) is 2. The molecule has 0 aliphatic carbocycles. The lowest BCUT2D eigenvalue weighted by Gasteiger charge is -2.26. The number of ketones is 1. The molecular weight excluding hydrogens is 384 g/mol. The van der Waals surface area contributed by atoms with Gasteiger partial charge in [0, 0.05) is 12.6 Å². The molecule has 3 rings (SSSR count). The molecule has 1 atom stereocenters.